The van der Waals surface area contributed by atoms with Gasteiger partial charge in [0.1, 0.15) is 4.88 Å². The molecular weight excluding hydrogens is 340 g/mol. The summed E-state index contributed by atoms with van der Waals surface area (Å²) in [6.45, 7) is 6.02. The molecular formula is C17H20N4O3S. The van der Waals surface area contributed by atoms with E-state index in [1.54, 1.807) is 16.0 Å². The lowest BCUT2D eigenvalue weighted by molar-refractivity contribution is 0.0537. The van der Waals surface area contributed by atoms with Crippen molar-refractivity contribution in [3.05, 3.63) is 50.3 Å². The van der Waals surface area contributed by atoms with Gasteiger partial charge in [-0.25, -0.2) is 4.98 Å². The highest BCUT2D eigenvalue weighted by atomic mass is 32.1. The first-order valence-corrected chi connectivity index (χ1v) is 9.00. The molecule has 0 radical (unpaired) electrons. The summed E-state index contributed by atoms with van der Waals surface area (Å²) in [6.07, 6.45) is 3.06. The SMILES string of the molecule is CC(C)c1ncc(C(=O)N2CCN(C(=O)c3ccc(=O)[nH]c3)CC2)s1. The molecule has 1 N–H and O–H groups in total. The van der Waals surface area contributed by atoms with Gasteiger partial charge in [0.05, 0.1) is 16.8 Å². The van der Waals surface area contributed by atoms with E-state index in [1.165, 1.54) is 29.7 Å². The fraction of sp³-hybridized carbons (Fsp3) is 0.412. The first-order chi connectivity index (χ1) is 12.0. The van der Waals surface area contributed by atoms with Gasteiger partial charge in [-0.3, -0.25) is 14.4 Å². The predicted molar refractivity (Wildman–Crippen MR) is 95.1 cm³/mol. The number of pyridine rings is 1. The Morgan fingerprint density at radius 3 is 2.28 bits per heavy atom. The molecule has 25 heavy (non-hydrogen) atoms. The number of hydrogen-bond acceptors (Lipinski definition) is 5. The molecule has 1 saturated heterocycles. The highest BCUT2D eigenvalue weighted by molar-refractivity contribution is 7.13. The molecule has 0 bridgehead atoms. The topological polar surface area (TPSA) is 86.4 Å². The molecule has 1 aliphatic rings. The van der Waals surface area contributed by atoms with Crippen LogP contribution in [0.1, 0.15) is 44.8 Å². The third kappa shape index (κ3) is 3.79. The van der Waals surface area contributed by atoms with E-state index in [0.29, 0.717) is 42.5 Å². The molecule has 1 aliphatic heterocycles. The summed E-state index contributed by atoms with van der Waals surface area (Å²) in [5.74, 6) is 0.141. The van der Waals surface area contributed by atoms with Crippen LogP contribution in [-0.4, -0.2) is 57.8 Å². The number of piperazine rings is 1. The van der Waals surface area contributed by atoms with Gasteiger partial charge >= 0.3 is 0 Å². The highest BCUT2D eigenvalue weighted by Gasteiger charge is 2.26. The minimum absolute atomic E-state index is 0.0273. The zero-order valence-electron chi connectivity index (χ0n) is 14.2. The molecule has 0 aromatic carbocycles. The standard InChI is InChI=1S/C17H20N4O3S/c1-11(2)15-19-10-13(25-15)17(24)21-7-5-20(6-8-21)16(23)12-3-4-14(22)18-9-12/h3-4,9-11H,5-8H2,1-2H3,(H,18,22). The second-order valence-corrected chi connectivity index (χ2v) is 7.31. The van der Waals surface area contributed by atoms with E-state index < -0.39 is 0 Å². The molecule has 2 aromatic heterocycles. The fourth-order valence-corrected chi connectivity index (χ4v) is 3.54. The van der Waals surface area contributed by atoms with E-state index >= 15 is 0 Å². The summed E-state index contributed by atoms with van der Waals surface area (Å²) in [5.41, 5.74) is 0.209. The Kier molecular flexibility index (Phi) is 4.98. The van der Waals surface area contributed by atoms with Crippen molar-refractivity contribution in [1.29, 1.82) is 0 Å². The van der Waals surface area contributed by atoms with Crippen molar-refractivity contribution in [2.75, 3.05) is 26.2 Å². The summed E-state index contributed by atoms with van der Waals surface area (Å²) in [7, 11) is 0. The van der Waals surface area contributed by atoms with Crippen LogP contribution in [0.25, 0.3) is 0 Å². The molecule has 0 spiro atoms. The maximum absolute atomic E-state index is 12.6. The lowest BCUT2D eigenvalue weighted by atomic mass is 10.2. The fourth-order valence-electron chi connectivity index (χ4n) is 2.65. The van der Waals surface area contributed by atoms with E-state index in [-0.39, 0.29) is 17.4 Å². The van der Waals surface area contributed by atoms with Gasteiger partial charge in [-0.1, -0.05) is 13.8 Å². The maximum atomic E-state index is 12.6. The minimum Gasteiger partial charge on any atom is -0.335 e. The monoisotopic (exact) mass is 360 g/mol. The summed E-state index contributed by atoms with van der Waals surface area (Å²) < 4.78 is 0. The van der Waals surface area contributed by atoms with Gasteiger partial charge in [0.15, 0.2) is 0 Å². The van der Waals surface area contributed by atoms with Crippen molar-refractivity contribution < 1.29 is 9.59 Å². The average Bonchev–Trinajstić information content (AvgIpc) is 3.12. The number of nitrogens with one attached hydrogen (secondary N) is 1. The van der Waals surface area contributed by atoms with Crippen LogP contribution in [0.5, 0.6) is 0 Å². The Labute approximate surface area is 149 Å². The van der Waals surface area contributed by atoms with Crippen LogP contribution >= 0.6 is 11.3 Å². The Hall–Kier alpha value is -2.48. The lowest BCUT2D eigenvalue weighted by Crippen LogP contribution is -2.50. The number of aromatic amines is 1. The summed E-state index contributed by atoms with van der Waals surface area (Å²) in [4.78, 5) is 47.0. The molecule has 0 saturated carbocycles. The van der Waals surface area contributed by atoms with Crippen molar-refractivity contribution in [2.45, 2.75) is 19.8 Å². The van der Waals surface area contributed by atoms with Crippen LogP contribution in [0.15, 0.2) is 29.3 Å². The number of H-pyrrole nitrogens is 1. The number of rotatable bonds is 3. The van der Waals surface area contributed by atoms with Gasteiger partial charge in [0.25, 0.3) is 11.8 Å². The van der Waals surface area contributed by atoms with E-state index in [0.717, 1.165) is 5.01 Å². The average molecular weight is 360 g/mol. The number of amides is 2. The second-order valence-electron chi connectivity index (χ2n) is 6.24. The Balaban J connectivity index is 1.61. The maximum Gasteiger partial charge on any atom is 0.265 e. The zero-order chi connectivity index (χ0) is 18.0. The molecule has 0 aliphatic carbocycles. The van der Waals surface area contributed by atoms with Crippen LogP contribution in [0, 0.1) is 0 Å². The van der Waals surface area contributed by atoms with Gasteiger partial charge in [0, 0.05) is 44.4 Å². The zero-order valence-corrected chi connectivity index (χ0v) is 15.0. The van der Waals surface area contributed by atoms with Crippen molar-refractivity contribution in [2.24, 2.45) is 0 Å². The molecule has 2 aromatic rings. The van der Waals surface area contributed by atoms with Crippen molar-refractivity contribution in [3.8, 4) is 0 Å². The molecule has 3 heterocycles. The van der Waals surface area contributed by atoms with Gasteiger partial charge in [0.2, 0.25) is 5.56 Å². The number of carbonyl (C=O) groups excluding carboxylic acids is 2. The summed E-state index contributed by atoms with van der Waals surface area (Å²) in [5, 5.41) is 0.954. The Morgan fingerprint density at radius 1 is 1.12 bits per heavy atom. The third-order valence-corrected chi connectivity index (χ3v) is 5.40. The van der Waals surface area contributed by atoms with Crippen LogP contribution in [-0.2, 0) is 0 Å². The minimum atomic E-state index is -0.239. The Bertz CT molecular complexity index is 814. The predicted octanol–water partition coefficient (Wildman–Crippen LogP) is 1.55. The third-order valence-electron chi connectivity index (χ3n) is 4.11. The smallest absolute Gasteiger partial charge is 0.265 e. The molecule has 2 amide bonds. The molecule has 3 rings (SSSR count). The first kappa shape index (κ1) is 17.3. The van der Waals surface area contributed by atoms with Crippen LogP contribution < -0.4 is 5.56 Å². The molecule has 1 fully saturated rings. The second kappa shape index (κ2) is 7.18. The van der Waals surface area contributed by atoms with Gasteiger partial charge < -0.3 is 14.8 Å². The van der Waals surface area contributed by atoms with Crippen LogP contribution in [0.3, 0.4) is 0 Å². The van der Waals surface area contributed by atoms with Crippen LogP contribution in [0.4, 0.5) is 0 Å². The number of thiazole rings is 1. The first-order valence-electron chi connectivity index (χ1n) is 8.18. The lowest BCUT2D eigenvalue weighted by Gasteiger charge is -2.34. The molecule has 0 atom stereocenters. The van der Waals surface area contributed by atoms with Crippen LogP contribution in [0.2, 0.25) is 0 Å². The number of aromatic nitrogens is 2. The van der Waals surface area contributed by atoms with E-state index in [9.17, 15) is 14.4 Å². The van der Waals surface area contributed by atoms with Crippen molar-refractivity contribution >= 4 is 23.2 Å². The number of carbonyl (C=O) groups is 2. The van der Waals surface area contributed by atoms with Crippen molar-refractivity contribution in [1.82, 2.24) is 19.8 Å². The number of hydrogen-bond donors (Lipinski definition) is 1. The number of nitrogens with zero attached hydrogens (tertiary/aromatic N) is 3. The van der Waals surface area contributed by atoms with E-state index in [2.05, 4.69) is 9.97 Å². The summed E-state index contributed by atoms with van der Waals surface area (Å²) >= 11 is 1.43. The quantitative estimate of drug-likeness (QED) is 0.900. The molecule has 0 unspecified atom stereocenters. The van der Waals surface area contributed by atoms with Crippen molar-refractivity contribution in [3.63, 3.8) is 0 Å². The van der Waals surface area contributed by atoms with Gasteiger partial charge in [-0.05, 0) is 6.07 Å². The van der Waals surface area contributed by atoms with Gasteiger partial charge in [-0.2, -0.15) is 0 Å². The highest BCUT2D eigenvalue weighted by Crippen LogP contribution is 2.22. The molecule has 7 nitrogen and oxygen atoms in total. The molecule has 8 heteroatoms. The normalized spacial score (nSPS) is 14.8. The Morgan fingerprint density at radius 2 is 1.76 bits per heavy atom. The van der Waals surface area contributed by atoms with E-state index in [4.69, 9.17) is 0 Å². The largest absolute Gasteiger partial charge is 0.335 e. The molecule has 132 valence electrons. The van der Waals surface area contributed by atoms with E-state index in [1.807, 2.05) is 13.8 Å². The summed E-state index contributed by atoms with van der Waals surface area (Å²) in [6, 6.07) is 2.85. The van der Waals surface area contributed by atoms with Gasteiger partial charge in [-0.15, -0.1) is 11.3 Å².